The van der Waals surface area contributed by atoms with Crippen molar-refractivity contribution in [1.29, 1.82) is 0 Å². The van der Waals surface area contributed by atoms with Gasteiger partial charge in [-0.1, -0.05) is 24.7 Å². The van der Waals surface area contributed by atoms with Crippen LogP contribution in [0.4, 0.5) is 24.0 Å². The molecule has 0 atom stereocenters. The topological polar surface area (TPSA) is 62.2 Å². The van der Waals surface area contributed by atoms with E-state index in [1.54, 1.807) is 0 Å². The second-order valence-corrected chi connectivity index (χ2v) is 5.55. The van der Waals surface area contributed by atoms with E-state index in [9.17, 15) is 18.0 Å². The van der Waals surface area contributed by atoms with Gasteiger partial charge in [0, 0.05) is 5.69 Å². The Morgan fingerprint density at radius 2 is 1.95 bits per heavy atom. The summed E-state index contributed by atoms with van der Waals surface area (Å²) in [4.78, 5) is 15.5. The van der Waals surface area contributed by atoms with E-state index in [4.69, 9.17) is 5.11 Å². The number of nitrogens with one attached hydrogen (secondary N) is 1. The first-order valence-corrected chi connectivity index (χ1v) is 7.30. The van der Waals surface area contributed by atoms with Crippen molar-refractivity contribution in [2.45, 2.75) is 25.9 Å². The third kappa shape index (κ3) is 3.76. The summed E-state index contributed by atoms with van der Waals surface area (Å²) in [5, 5.41) is 12.3. The molecule has 22 heavy (non-hydrogen) atoms. The quantitative estimate of drug-likeness (QED) is 0.844. The van der Waals surface area contributed by atoms with Gasteiger partial charge in [0.25, 0.3) is 0 Å². The number of thiazole rings is 1. The Labute approximate surface area is 128 Å². The molecule has 4 nitrogen and oxygen atoms in total. The molecule has 0 fully saturated rings. The fourth-order valence-corrected chi connectivity index (χ4v) is 2.72. The zero-order chi connectivity index (χ0) is 16.3. The third-order valence-electron chi connectivity index (χ3n) is 2.84. The number of hydrogen-bond donors (Lipinski definition) is 2. The molecule has 2 rings (SSSR count). The van der Waals surface area contributed by atoms with Gasteiger partial charge >= 0.3 is 12.1 Å². The van der Waals surface area contributed by atoms with Crippen LogP contribution in [0.3, 0.4) is 0 Å². The van der Waals surface area contributed by atoms with Crippen LogP contribution >= 0.6 is 11.3 Å². The van der Waals surface area contributed by atoms with Gasteiger partial charge < -0.3 is 10.4 Å². The van der Waals surface area contributed by atoms with Crippen LogP contribution in [-0.2, 0) is 12.6 Å². The van der Waals surface area contributed by atoms with Gasteiger partial charge in [0.2, 0.25) is 0 Å². The fourth-order valence-electron chi connectivity index (χ4n) is 1.84. The van der Waals surface area contributed by atoms with Crippen LogP contribution in [0.5, 0.6) is 0 Å². The number of benzene rings is 1. The SMILES string of the molecule is CCCc1nc(Nc2ccc(C(F)(F)F)cc2)sc1C(=O)O. The molecule has 0 spiro atoms. The lowest BCUT2D eigenvalue weighted by molar-refractivity contribution is -0.137. The molecule has 1 aromatic carbocycles. The lowest BCUT2D eigenvalue weighted by Gasteiger charge is -2.07. The van der Waals surface area contributed by atoms with Crippen molar-refractivity contribution in [2.75, 3.05) is 5.32 Å². The number of aromatic nitrogens is 1. The number of alkyl halides is 3. The van der Waals surface area contributed by atoms with E-state index in [-0.39, 0.29) is 4.88 Å². The van der Waals surface area contributed by atoms with E-state index in [1.165, 1.54) is 12.1 Å². The van der Waals surface area contributed by atoms with Gasteiger partial charge in [-0.25, -0.2) is 9.78 Å². The summed E-state index contributed by atoms with van der Waals surface area (Å²) in [6.45, 7) is 1.91. The maximum Gasteiger partial charge on any atom is 0.416 e. The van der Waals surface area contributed by atoms with Gasteiger partial charge in [-0.05, 0) is 30.7 Å². The highest BCUT2D eigenvalue weighted by Gasteiger charge is 2.30. The van der Waals surface area contributed by atoms with E-state index < -0.39 is 17.7 Å². The van der Waals surface area contributed by atoms with Crippen molar-refractivity contribution in [3.8, 4) is 0 Å². The maximum atomic E-state index is 12.5. The first-order chi connectivity index (χ1) is 10.3. The number of rotatable bonds is 5. The van der Waals surface area contributed by atoms with Crippen LogP contribution in [0, 0.1) is 0 Å². The fraction of sp³-hybridized carbons (Fsp3) is 0.286. The molecule has 0 bridgehead atoms. The van der Waals surface area contributed by atoms with Crippen molar-refractivity contribution < 1.29 is 23.1 Å². The lowest BCUT2D eigenvalue weighted by Crippen LogP contribution is -2.04. The first kappa shape index (κ1) is 16.3. The second kappa shape index (κ2) is 6.35. The average Bonchev–Trinajstić information content (AvgIpc) is 2.82. The Kier molecular flexibility index (Phi) is 4.70. The number of carboxylic acid groups (broad SMARTS) is 1. The molecule has 2 N–H and O–H groups in total. The molecule has 1 aromatic heterocycles. The van der Waals surface area contributed by atoms with E-state index in [1.807, 2.05) is 6.92 Å². The van der Waals surface area contributed by atoms with E-state index in [0.717, 1.165) is 29.9 Å². The predicted molar refractivity (Wildman–Crippen MR) is 77.8 cm³/mol. The number of hydrogen-bond acceptors (Lipinski definition) is 4. The number of anilines is 2. The molecule has 0 saturated heterocycles. The summed E-state index contributed by atoms with van der Waals surface area (Å²) in [7, 11) is 0. The van der Waals surface area contributed by atoms with Crippen LogP contribution in [0.1, 0.15) is 34.3 Å². The van der Waals surface area contributed by atoms with E-state index in [0.29, 0.717) is 22.9 Å². The highest BCUT2D eigenvalue weighted by molar-refractivity contribution is 7.17. The molecule has 2 aromatic rings. The maximum absolute atomic E-state index is 12.5. The largest absolute Gasteiger partial charge is 0.477 e. The minimum atomic E-state index is -4.38. The summed E-state index contributed by atoms with van der Waals surface area (Å²) in [6, 6.07) is 4.48. The van der Waals surface area contributed by atoms with Gasteiger partial charge in [0.15, 0.2) is 5.13 Å². The zero-order valence-corrected chi connectivity index (χ0v) is 12.4. The standard InChI is InChI=1S/C14H13F3N2O2S/c1-2-3-10-11(12(20)21)22-13(19-10)18-9-6-4-8(5-7-9)14(15,16)17/h4-7H,2-3H2,1H3,(H,18,19)(H,20,21). The smallest absolute Gasteiger partial charge is 0.416 e. The molecule has 0 aliphatic heterocycles. The number of nitrogens with zero attached hydrogens (tertiary/aromatic N) is 1. The van der Waals surface area contributed by atoms with Crippen LogP contribution < -0.4 is 5.32 Å². The van der Waals surface area contributed by atoms with Crippen molar-refractivity contribution in [3.63, 3.8) is 0 Å². The molecule has 8 heteroatoms. The van der Waals surface area contributed by atoms with Gasteiger partial charge in [-0.15, -0.1) is 0 Å². The lowest BCUT2D eigenvalue weighted by atomic mass is 10.2. The summed E-state index contributed by atoms with van der Waals surface area (Å²) in [5.41, 5.74) is 0.159. The molecule has 0 saturated carbocycles. The highest BCUT2D eigenvalue weighted by Crippen LogP contribution is 2.31. The predicted octanol–water partition coefficient (Wildman–Crippen LogP) is 4.56. The summed E-state index contributed by atoms with van der Waals surface area (Å²) in [6.07, 6.45) is -3.10. The van der Waals surface area contributed by atoms with Crippen LogP contribution in [0.15, 0.2) is 24.3 Å². The Morgan fingerprint density at radius 3 is 2.45 bits per heavy atom. The molecule has 0 amide bonds. The zero-order valence-electron chi connectivity index (χ0n) is 11.6. The second-order valence-electron chi connectivity index (χ2n) is 4.55. The Hall–Kier alpha value is -2.09. The number of aryl methyl sites for hydroxylation is 1. The van der Waals surface area contributed by atoms with Gasteiger partial charge in [-0.2, -0.15) is 13.2 Å². The van der Waals surface area contributed by atoms with Crippen molar-refractivity contribution >= 4 is 28.1 Å². The van der Waals surface area contributed by atoms with Crippen LogP contribution in [0.25, 0.3) is 0 Å². The first-order valence-electron chi connectivity index (χ1n) is 6.48. The average molecular weight is 330 g/mol. The van der Waals surface area contributed by atoms with Gasteiger partial charge in [-0.3, -0.25) is 0 Å². The number of aromatic carboxylic acids is 1. The van der Waals surface area contributed by atoms with Gasteiger partial charge in [0.05, 0.1) is 11.3 Å². The van der Waals surface area contributed by atoms with Gasteiger partial charge in [0.1, 0.15) is 4.88 Å². The number of halogens is 3. The molecule has 0 radical (unpaired) electrons. The van der Waals surface area contributed by atoms with Crippen molar-refractivity contribution in [3.05, 3.63) is 40.4 Å². The molecule has 0 aliphatic carbocycles. The number of carboxylic acids is 1. The summed E-state index contributed by atoms with van der Waals surface area (Å²) in [5.74, 6) is -1.05. The molecular weight excluding hydrogens is 317 g/mol. The highest BCUT2D eigenvalue weighted by atomic mass is 32.1. The van der Waals surface area contributed by atoms with E-state index in [2.05, 4.69) is 10.3 Å². The molecular formula is C14H13F3N2O2S. The minimum Gasteiger partial charge on any atom is -0.477 e. The molecule has 118 valence electrons. The Balaban J connectivity index is 2.20. The summed E-state index contributed by atoms with van der Waals surface area (Å²) < 4.78 is 37.4. The Bertz CT molecular complexity index is 666. The monoisotopic (exact) mass is 330 g/mol. The van der Waals surface area contributed by atoms with Crippen molar-refractivity contribution in [2.24, 2.45) is 0 Å². The van der Waals surface area contributed by atoms with Crippen LogP contribution in [0.2, 0.25) is 0 Å². The number of carbonyl (C=O) groups is 1. The van der Waals surface area contributed by atoms with E-state index >= 15 is 0 Å². The van der Waals surface area contributed by atoms with Crippen molar-refractivity contribution in [1.82, 2.24) is 4.98 Å². The Morgan fingerprint density at radius 1 is 1.32 bits per heavy atom. The normalized spacial score (nSPS) is 11.5. The van der Waals surface area contributed by atoms with Crippen LogP contribution in [-0.4, -0.2) is 16.1 Å². The molecule has 0 unspecified atom stereocenters. The summed E-state index contributed by atoms with van der Waals surface area (Å²) >= 11 is 0.968. The third-order valence-corrected chi connectivity index (χ3v) is 3.84. The minimum absolute atomic E-state index is 0.149. The molecule has 1 heterocycles. The molecule has 0 aliphatic rings.